The lowest BCUT2D eigenvalue weighted by molar-refractivity contribution is 1.90. The molecular weight excluding hydrogens is 204 g/mol. The lowest BCUT2D eigenvalue weighted by Crippen LogP contribution is -2.04. The molecule has 6 heteroatoms. The Morgan fingerprint density at radius 1 is 1.00 bits per heavy atom. The van der Waals surface area contributed by atoms with Crippen LogP contribution in [0.4, 0.5) is 0 Å². The highest BCUT2D eigenvalue weighted by atomic mass is 33.1. The fourth-order valence-electron chi connectivity index (χ4n) is 0.0821. The second-order valence-electron chi connectivity index (χ2n) is 0.805. The molecule has 0 aromatic rings. The first kappa shape index (κ1) is 12.9. The van der Waals surface area contributed by atoms with Crippen LogP contribution < -0.4 is 11.5 Å². The van der Waals surface area contributed by atoms with E-state index in [2.05, 4.69) is 37.6 Å². The zero-order valence-electron chi connectivity index (χ0n) is 5.20. The summed E-state index contributed by atoms with van der Waals surface area (Å²) >= 11 is 9.04. The van der Waals surface area contributed by atoms with E-state index in [1.165, 1.54) is 21.6 Å². The number of nitrogens with two attached hydrogens (primary N) is 2. The molecule has 0 bridgehead atoms. The molecule has 0 aliphatic rings. The van der Waals surface area contributed by atoms with Crippen LogP contribution in [-0.4, -0.2) is 8.64 Å². The molecule has 0 rings (SSSR count). The Bertz CT molecular complexity index is 110. The average molecular weight is 212 g/mol. The van der Waals surface area contributed by atoms with Gasteiger partial charge in [0.15, 0.2) is 0 Å². The van der Waals surface area contributed by atoms with Gasteiger partial charge in [0.2, 0.25) is 0 Å². The van der Waals surface area contributed by atoms with Gasteiger partial charge in [0, 0.05) is 0 Å². The van der Waals surface area contributed by atoms with E-state index in [-0.39, 0.29) is 0 Å². The predicted octanol–water partition coefficient (Wildman–Crippen LogP) is 1.66. The summed E-state index contributed by atoms with van der Waals surface area (Å²) in [7, 11) is 2.40. The van der Waals surface area contributed by atoms with Gasteiger partial charge in [-0.3, -0.25) is 0 Å². The van der Waals surface area contributed by atoms with Crippen LogP contribution in [0.15, 0.2) is 13.2 Å². The van der Waals surface area contributed by atoms with Crippen molar-refractivity contribution in [2.24, 2.45) is 11.5 Å². The summed E-state index contributed by atoms with van der Waals surface area (Å²) in [6, 6.07) is 0. The van der Waals surface area contributed by atoms with Gasteiger partial charge >= 0.3 is 0 Å². The fourth-order valence-corrected chi connectivity index (χ4v) is 1.35. The van der Waals surface area contributed by atoms with E-state index in [4.69, 9.17) is 11.5 Å². The summed E-state index contributed by atoms with van der Waals surface area (Å²) < 4.78 is 0.700. The second-order valence-corrected chi connectivity index (χ2v) is 4.41. The summed E-state index contributed by atoms with van der Waals surface area (Å²) in [5.74, 6) is 0. The molecule has 0 heterocycles. The molecule has 0 amide bonds. The Balaban J connectivity index is 0. The van der Waals surface area contributed by atoms with Gasteiger partial charge < -0.3 is 11.5 Å². The van der Waals surface area contributed by atoms with E-state index in [9.17, 15) is 0 Å². The van der Waals surface area contributed by atoms with E-state index in [1.54, 1.807) is 0 Å². The van der Waals surface area contributed by atoms with Crippen molar-refractivity contribution in [2.45, 2.75) is 0 Å². The van der Waals surface area contributed by atoms with Crippen LogP contribution >= 0.6 is 46.0 Å². The lowest BCUT2D eigenvalue weighted by Gasteiger charge is -1.91. The van der Waals surface area contributed by atoms with E-state index >= 15 is 0 Å². The molecule has 0 fully saturated rings. The summed E-state index contributed by atoms with van der Waals surface area (Å²) in [4.78, 5) is 0. The summed E-state index contributed by atoms with van der Waals surface area (Å²) in [5, 5.41) is 0. The van der Waals surface area contributed by atoms with Crippen LogP contribution in [0.5, 0.6) is 0 Å². The number of thiocarbonyl (C=S) groups is 2. The standard InChI is InChI=1S/C2H4N2S4.C2H4/c3-1(5)7-8-2(4)6;1-2/h(H2,3,5)(H2,4,6);1-2H2. The number of hydrogen-bond acceptors (Lipinski definition) is 4. The third kappa shape index (κ3) is 15.7. The third-order valence-corrected chi connectivity index (χ3v) is 3.08. The molecule has 0 spiro atoms. The van der Waals surface area contributed by atoms with Gasteiger partial charge in [-0.25, -0.2) is 0 Å². The average Bonchev–Trinajstić information content (AvgIpc) is 1.89. The van der Waals surface area contributed by atoms with Crippen LogP contribution in [0, 0.1) is 0 Å². The Morgan fingerprint density at radius 3 is 1.30 bits per heavy atom. The van der Waals surface area contributed by atoms with Crippen molar-refractivity contribution in [1.82, 2.24) is 0 Å². The molecule has 0 unspecified atom stereocenters. The van der Waals surface area contributed by atoms with Crippen molar-refractivity contribution in [1.29, 1.82) is 0 Å². The van der Waals surface area contributed by atoms with Crippen LogP contribution in [0.1, 0.15) is 0 Å². The van der Waals surface area contributed by atoms with Crippen LogP contribution in [0.3, 0.4) is 0 Å². The molecule has 58 valence electrons. The molecule has 4 N–H and O–H groups in total. The van der Waals surface area contributed by atoms with Crippen molar-refractivity contribution in [3.8, 4) is 0 Å². The molecule has 0 atom stereocenters. The molecule has 2 nitrogen and oxygen atoms in total. The van der Waals surface area contributed by atoms with E-state index < -0.39 is 0 Å². The normalized spacial score (nSPS) is 7.20. The Morgan fingerprint density at radius 2 is 1.20 bits per heavy atom. The largest absolute Gasteiger partial charge is 0.384 e. The minimum atomic E-state index is 0.350. The quantitative estimate of drug-likeness (QED) is 0.362. The maximum Gasteiger partial charge on any atom is 0.142 e. The summed E-state index contributed by atoms with van der Waals surface area (Å²) in [6.45, 7) is 6.00. The van der Waals surface area contributed by atoms with Gasteiger partial charge in [-0.15, -0.1) is 13.2 Å². The lowest BCUT2D eigenvalue weighted by atomic mass is 11.3. The van der Waals surface area contributed by atoms with Gasteiger partial charge in [0.25, 0.3) is 0 Å². The van der Waals surface area contributed by atoms with Gasteiger partial charge in [-0.05, 0) is 21.6 Å². The highest BCUT2D eigenvalue weighted by Gasteiger charge is 1.91. The third-order valence-electron chi connectivity index (χ3n) is 0.206. The molecule has 10 heavy (non-hydrogen) atoms. The monoisotopic (exact) mass is 212 g/mol. The molecule has 0 aromatic heterocycles. The molecule has 0 radical (unpaired) electrons. The van der Waals surface area contributed by atoms with Gasteiger partial charge in [-0.1, -0.05) is 24.4 Å². The maximum absolute atomic E-state index is 5.10. The van der Waals surface area contributed by atoms with Gasteiger partial charge in [-0.2, -0.15) is 0 Å². The number of hydrogen-bond donors (Lipinski definition) is 2. The Kier molecular flexibility index (Phi) is 11.9. The van der Waals surface area contributed by atoms with Crippen molar-refractivity contribution in [3.05, 3.63) is 13.2 Å². The minimum Gasteiger partial charge on any atom is -0.384 e. The zero-order valence-corrected chi connectivity index (χ0v) is 8.47. The molecule has 0 aliphatic heterocycles. The van der Waals surface area contributed by atoms with Crippen molar-refractivity contribution in [3.63, 3.8) is 0 Å². The first-order valence-electron chi connectivity index (χ1n) is 2.06. The molecule has 0 aliphatic carbocycles. The zero-order chi connectivity index (χ0) is 8.57. The Hall–Kier alpha value is 0.220. The summed E-state index contributed by atoms with van der Waals surface area (Å²) in [5.41, 5.74) is 10.2. The molecule has 0 aromatic carbocycles. The molecular formula is C4H8N2S4. The summed E-state index contributed by atoms with van der Waals surface area (Å²) in [6.07, 6.45) is 0. The van der Waals surface area contributed by atoms with E-state index in [0.29, 0.717) is 8.64 Å². The SMILES string of the molecule is C=C.NC(=S)SSC(N)=S. The first-order chi connectivity index (χ1) is 4.63. The second kappa shape index (κ2) is 9.22. The van der Waals surface area contributed by atoms with E-state index in [0.717, 1.165) is 0 Å². The minimum absolute atomic E-state index is 0.350. The topological polar surface area (TPSA) is 52.0 Å². The maximum atomic E-state index is 5.10. The highest BCUT2D eigenvalue weighted by molar-refractivity contribution is 8.89. The highest BCUT2D eigenvalue weighted by Crippen LogP contribution is 2.20. The molecule has 0 saturated carbocycles. The predicted molar refractivity (Wildman–Crippen MR) is 60.0 cm³/mol. The Labute approximate surface area is 79.2 Å². The fraction of sp³-hybridized carbons (Fsp3) is 0. The van der Waals surface area contributed by atoms with Gasteiger partial charge in [0.05, 0.1) is 0 Å². The van der Waals surface area contributed by atoms with Crippen molar-refractivity contribution in [2.75, 3.05) is 0 Å². The van der Waals surface area contributed by atoms with Crippen LogP contribution in [0.25, 0.3) is 0 Å². The van der Waals surface area contributed by atoms with Crippen molar-refractivity contribution >= 4 is 54.7 Å². The van der Waals surface area contributed by atoms with Crippen LogP contribution in [-0.2, 0) is 0 Å². The smallest absolute Gasteiger partial charge is 0.142 e. The number of rotatable bonds is 0. The van der Waals surface area contributed by atoms with E-state index in [1.807, 2.05) is 0 Å². The molecule has 0 saturated heterocycles. The van der Waals surface area contributed by atoms with Gasteiger partial charge in [0.1, 0.15) is 8.64 Å². The van der Waals surface area contributed by atoms with Crippen molar-refractivity contribution < 1.29 is 0 Å². The van der Waals surface area contributed by atoms with Crippen LogP contribution in [0.2, 0.25) is 0 Å². The first-order valence-corrected chi connectivity index (χ1v) is 5.03.